The second-order valence-corrected chi connectivity index (χ2v) is 8.42. The zero-order valence-electron chi connectivity index (χ0n) is 14.9. The molecule has 0 bridgehead atoms. The molecule has 0 radical (unpaired) electrons. The van der Waals surface area contributed by atoms with Crippen molar-refractivity contribution in [3.05, 3.63) is 53.1 Å². The fourth-order valence-corrected chi connectivity index (χ4v) is 4.30. The van der Waals surface area contributed by atoms with Gasteiger partial charge in [0.25, 0.3) is 15.9 Å². The Kier molecular flexibility index (Phi) is 5.92. The maximum absolute atomic E-state index is 12.6. The molecule has 1 N–H and O–H groups in total. The first-order chi connectivity index (χ1) is 12.9. The van der Waals surface area contributed by atoms with Crippen LogP contribution in [0.3, 0.4) is 0 Å². The van der Waals surface area contributed by atoms with Crippen LogP contribution in [0.5, 0.6) is 5.75 Å². The third-order valence-electron chi connectivity index (χ3n) is 4.46. The number of hydrogen-bond donors (Lipinski definition) is 1. The van der Waals surface area contributed by atoms with Crippen molar-refractivity contribution in [2.75, 3.05) is 24.9 Å². The average Bonchev–Trinajstić information content (AvgIpc) is 2.68. The Balaban J connectivity index is 1.77. The fraction of sp³-hybridized carbons (Fsp3) is 0.316. The predicted octanol–water partition coefficient (Wildman–Crippen LogP) is 3.78. The Morgan fingerprint density at radius 2 is 1.74 bits per heavy atom. The van der Waals surface area contributed by atoms with Gasteiger partial charge in [-0.2, -0.15) is 0 Å². The lowest BCUT2D eigenvalue weighted by Gasteiger charge is -2.27. The third kappa shape index (κ3) is 4.54. The van der Waals surface area contributed by atoms with Crippen molar-refractivity contribution in [2.24, 2.45) is 0 Å². The van der Waals surface area contributed by atoms with E-state index in [0.29, 0.717) is 17.0 Å². The Bertz CT molecular complexity index is 923. The van der Waals surface area contributed by atoms with Gasteiger partial charge in [0, 0.05) is 13.1 Å². The highest BCUT2D eigenvalue weighted by atomic mass is 35.5. The normalized spacial score (nSPS) is 14.7. The number of carbonyl (C=O) groups excluding carboxylic acids is 1. The molecular formula is C19H21ClN2O4S. The maximum atomic E-state index is 12.6. The SMILES string of the molecule is COc1ccc(S(=O)(=O)Nc2ccc(C(=O)N3CCCCC3)c(Cl)c2)cc1. The van der Waals surface area contributed by atoms with E-state index >= 15 is 0 Å². The number of ether oxygens (including phenoxy) is 1. The molecule has 1 aliphatic heterocycles. The van der Waals surface area contributed by atoms with Gasteiger partial charge >= 0.3 is 0 Å². The van der Waals surface area contributed by atoms with Gasteiger partial charge in [0.15, 0.2) is 0 Å². The summed E-state index contributed by atoms with van der Waals surface area (Å²) in [6.45, 7) is 1.45. The highest BCUT2D eigenvalue weighted by Gasteiger charge is 2.21. The van der Waals surface area contributed by atoms with Crippen molar-refractivity contribution in [3.8, 4) is 5.75 Å². The monoisotopic (exact) mass is 408 g/mol. The Morgan fingerprint density at radius 1 is 1.07 bits per heavy atom. The van der Waals surface area contributed by atoms with E-state index in [1.54, 1.807) is 29.2 Å². The molecule has 6 nitrogen and oxygen atoms in total. The predicted molar refractivity (Wildman–Crippen MR) is 105 cm³/mol. The molecule has 0 spiro atoms. The standard InChI is InChI=1S/C19H21ClN2O4S/c1-26-15-6-8-16(9-7-15)27(24,25)21-14-5-10-17(18(20)13-14)19(23)22-11-3-2-4-12-22/h5-10,13,21H,2-4,11-12H2,1H3. The molecule has 144 valence electrons. The number of likely N-dealkylation sites (tertiary alicyclic amines) is 1. The number of piperidine rings is 1. The number of carbonyl (C=O) groups is 1. The van der Waals surface area contributed by atoms with Crippen molar-refractivity contribution < 1.29 is 17.9 Å². The molecule has 0 aromatic heterocycles. The molecule has 0 atom stereocenters. The number of nitrogens with zero attached hydrogens (tertiary/aromatic N) is 1. The number of benzene rings is 2. The molecule has 1 fully saturated rings. The van der Waals surface area contributed by atoms with Gasteiger partial charge in [-0.1, -0.05) is 11.6 Å². The summed E-state index contributed by atoms with van der Waals surface area (Å²) in [6, 6.07) is 10.6. The van der Waals surface area contributed by atoms with Crippen LogP contribution >= 0.6 is 11.6 Å². The molecule has 1 amide bonds. The van der Waals surface area contributed by atoms with E-state index in [9.17, 15) is 13.2 Å². The van der Waals surface area contributed by atoms with E-state index in [1.165, 1.54) is 25.3 Å². The summed E-state index contributed by atoms with van der Waals surface area (Å²) in [5.74, 6) is 0.446. The van der Waals surface area contributed by atoms with E-state index in [2.05, 4.69) is 4.72 Å². The minimum absolute atomic E-state index is 0.105. The van der Waals surface area contributed by atoms with Gasteiger partial charge in [-0.05, 0) is 61.7 Å². The Labute approximate surface area is 164 Å². The van der Waals surface area contributed by atoms with E-state index in [4.69, 9.17) is 16.3 Å². The van der Waals surface area contributed by atoms with Crippen LogP contribution < -0.4 is 9.46 Å². The molecule has 2 aromatic rings. The van der Waals surface area contributed by atoms with Crippen LogP contribution in [0.25, 0.3) is 0 Å². The zero-order chi connectivity index (χ0) is 19.4. The van der Waals surface area contributed by atoms with Gasteiger partial charge in [0.2, 0.25) is 0 Å². The second kappa shape index (κ2) is 8.19. The first-order valence-electron chi connectivity index (χ1n) is 8.66. The van der Waals surface area contributed by atoms with Gasteiger partial charge < -0.3 is 9.64 Å². The van der Waals surface area contributed by atoms with Crippen LogP contribution in [0, 0.1) is 0 Å². The van der Waals surface area contributed by atoms with Crippen molar-refractivity contribution in [3.63, 3.8) is 0 Å². The molecular weight excluding hydrogens is 388 g/mol. The lowest BCUT2D eigenvalue weighted by molar-refractivity contribution is 0.0724. The van der Waals surface area contributed by atoms with Crippen LogP contribution in [0.15, 0.2) is 47.4 Å². The number of halogens is 1. The van der Waals surface area contributed by atoms with Crippen LogP contribution in [-0.2, 0) is 10.0 Å². The number of methoxy groups -OCH3 is 1. The van der Waals surface area contributed by atoms with Gasteiger partial charge in [0.05, 0.1) is 28.3 Å². The highest BCUT2D eigenvalue weighted by molar-refractivity contribution is 7.92. The van der Waals surface area contributed by atoms with Crippen molar-refractivity contribution >= 4 is 33.2 Å². The summed E-state index contributed by atoms with van der Waals surface area (Å²) in [5, 5.41) is 0.223. The molecule has 1 saturated heterocycles. The summed E-state index contributed by atoms with van der Waals surface area (Å²) >= 11 is 6.26. The summed E-state index contributed by atoms with van der Waals surface area (Å²) in [5.41, 5.74) is 0.678. The van der Waals surface area contributed by atoms with Crippen LogP contribution in [0.1, 0.15) is 29.6 Å². The molecule has 27 heavy (non-hydrogen) atoms. The van der Waals surface area contributed by atoms with E-state index in [1.807, 2.05) is 0 Å². The molecule has 8 heteroatoms. The minimum Gasteiger partial charge on any atom is -0.497 e. The number of amides is 1. The van der Waals surface area contributed by atoms with Gasteiger partial charge in [-0.25, -0.2) is 8.42 Å². The molecule has 0 saturated carbocycles. The topological polar surface area (TPSA) is 75.7 Å². The number of sulfonamides is 1. The molecule has 1 aliphatic rings. The lowest BCUT2D eigenvalue weighted by atomic mass is 10.1. The van der Waals surface area contributed by atoms with Gasteiger partial charge in [-0.15, -0.1) is 0 Å². The van der Waals surface area contributed by atoms with Crippen molar-refractivity contribution in [1.82, 2.24) is 4.90 Å². The largest absolute Gasteiger partial charge is 0.497 e. The van der Waals surface area contributed by atoms with E-state index in [0.717, 1.165) is 32.4 Å². The number of anilines is 1. The number of rotatable bonds is 5. The highest BCUT2D eigenvalue weighted by Crippen LogP contribution is 2.26. The molecule has 0 aliphatic carbocycles. The Morgan fingerprint density at radius 3 is 2.33 bits per heavy atom. The summed E-state index contributed by atoms with van der Waals surface area (Å²) < 4.78 is 32.5. The lowest BCUT2D eigenvalue weighted by Crippen LogP contribution is -2.35. The summed E-state index contributed by atoms with van der Waals surface area (Å²) in [6.07, 6.45) is 3.11. The van der Waals surface area contributed by atoms with Crippen LogP contribution in [0.4, 0.5) is 5.69 Å². The summed E-state index contributed by atoms with van der Waals surface area (Å²) in [4.78, 5) is 14.5. The van der Waals surface area contributed by atoms with Crippen LogP contribution in [-0.4, -0.2) is 39.4 Å². The smallest absolute Gasteiger partial charge is 0.261 e. The van der Waals surface area contributed by atoms with Crippen LogP contribution in [0.2, 0.25) is 5.02 Å². The molecule has 3 rings (SSSR count). The average molecular weight is 409 g/mol. The first kappa shape index (κ1) is 19.5. The minimum atomic E-state index is -3.77. The zero-order valence-corrected chi connectivity index (χ0v) is 16.5. The van der Waals surface area contributed by atoms with Crippen molar-refractivity contribution in [1.29, 1.82) is 0 Å². The molecule has 1 heterocycles. The molecule has 2 aromatic carbocycles. The third-order valence-corrected chi connectivity index (χ3v) is 6.17. The van der Waals surface area contributed by atoms with Gasteiger partial charge in [0.1, 0.15) is 5.75 Å². The molecule has 0 unspecified atom stereocenters. The summed E-state index contributed by atoms with van der Waals surface area (Å²) in [7, 11) is -2.26. The van der Waals surface area contributed by atoms with Gasteiger partial charge in [-0.3, -0.25) is 9.52 Å². The second-order valence-electron chi connectivity index (χ2n) is 6.33. The number of hydrogen-bond acceptors (Lipinski definition) is 4. The first-order valence-corrected chi connectivity index (χ1v) is 10.5. The number of nitrogens with one attached hydrogen (secondary N) is 1. The quantitative estimate of drug-likeness (QED) is 0.816. The van der Waals surface area contributed by atoms with Crippen molar-refractivity contribution in [2.45, 2.75) is 24.2 Å². The van der Waals surface area contributed by atoms with E-state index < -0.39 is 10.0 Å². The Hall–Kier alpha value is -2.25. The fourth-order valence-electron chi connectivity index (χ4n) is 2.99. The maximum Gasteiger partial charge on any atom is 0.261 e. The van der Waals surface area contributed by atoms with E-state index in [-0.39, 0.29) is 15.8 Å².